The largest absolute Gasteiger partial charge is 0.507 e. The van der Waals surface area contributed by atoms with Crippen LogP contribution in [-0.4, -0.2) is 19.6 Å². The van der Waals surface area contributed by atoms with Crippen LogP contribution in [0.3, 0.4) is 0 Å². The normalized spacial score (nSPS) is 12.5. The summed E-state index contributed by atoms with van der Waals surface area (Å²) in [5, 5.41) is 12.7. The van der Waals surface area contributed by atoms with Gasteiger partial charge in [0, 0.05) is 44.1 Å². The van der Waals surface area contributed by atoms with E-state index in [1.165, 1.54) is 22.3 Å². The molecule has 0 aliphatic rings. The van der Waals surface area contributed by atoms with Crippen molar-refractivity contribution in [2.75, 3.05) is 0 Å². The van der Waals surface area contributed by atoms with Crippen molar-refractivity contribution in [3.63, 3.8) is 0 Å². The molecule has 5 heteroatoms. The number of phenols is 1. The fraction of sp³-hybridized carbons (Fsp3) is 0.304. The summed E-state index contributed by atoms with van der Waals surface area (Å²) in [5.74, 6) is 0.921. The predicted octanol–water partition coefficient (Wildman–Crippen LogP) is 18.7. The molecule has 0 saturated carbocycles. The summed E-state index contributed by atoms with van der Waals surface area (Å²) in [4.78, 5) is 10.8. The van der Waals surface area contributed by atoms with Crippen molar-refractivity contribution in [1.82, 2.24) is 14.5 Å². The van der Waals surface area contributed by atoms with Crippen LogP contribution >= 0.6 is 0 Å². The maximum absolute atomic E-state index is 12.7. The van der Waals surface area contributed by atoms with Crippen LogP contribution in [0.4, 0.5) is 0 Å². The van der Waals surface area contributed by atoms with Crippen molar-refractivity contribution >= 4 is 11.0 Å². The molecule has 0 saturated heterocycles. The van der Waals surface area contributed by atoms with E-state index in [1.54, 1.807) is 0 Å². The van der Waals surface area contributed by atoms with Gasteiger partial charge in [0.2, 0.25) is 0 Å². The van der Waals surface area contributed by atoms with Crippen LogP contribution in [0.2, 0.25) is 0 Å². The first-order valence-electron chi connectivity index (χ1n) is 26.0. The number of aryl methyl sites for hydroxylation is 1. The molecule has 0 radical (unpaired) electrons. The maximum atomic E-state index is 12.7. The van der Waals surface area contributed by atoms with Gasteiger partial charge in [-0.15, -0.1) is 23.8 Å². The molecule has 1 N–H and O–H groups in total. The molecule has 2 heterocycles. The molecule has 9 rings (SSSR count). The minimum Gasteiger partial charge on any atom is -0.507 e. The quantitative estimate of drug-likeness (QED) is 0.162. The number of hydrogen-bond donors (Lipinski definition) is 1. The number of nitrogens with zero attached hydrogens (tertiary/aromatic N) is 3. The van der Waals surface area contributed by atoms with E-state index in [-0.39, 0.29) is 53.9 Å². The first-order chi connectivity index (χ1) is 34.1. The molecule has 382 valence electrons. The van der Waals surface area contributed by atoms with Crippen molar-refractivity contribution in [2.45, 2.75) is 138 Å². The molecule has 0 aliphatic carbocycles. The average molecular weight is 1160 g/mol. The van der Waals surface area contributed by atoms with Gasteiger partial charge < -0.3 is 5.11 Å². The number of imidazole rings is 1. The zero-order valence-electron chi connectivity index (χ0n) is 46.5. The molecule has 0 spiro atoms. The Morgan fingerprint density at radius 3 is 1.55 bits per heavy atom. The number of hydrogen-bond acceptors (Lipinski definition) is 3. The monoisotopic (exact) mass is 1160 g/mol. The van der Waals surface area contributed by atoms with Crippen LogP contribution in [0.5, 0.6) is 5.75 Å². The second-order valence-corrected chi connectivity index (χ2v) is 25.5. The Morgan fingerprint density at radius 2 is 0.973 bits per heavy atom. The first-order valence-corrected chi connectivity index (χ1v) is 26.0. The van der Waals surface area contributed by atoms with E-state index >= 15 is 0 Å². The van der Waals surface area contributed by atoms with E-state index in [4.69, 9.17) is 9.97 Å². The summed E-state index contributed by atoms with van der Waals surface area (Å²) < 4.78 is 2.30. The number of phenolic OH excluding ortho intramolecular Hbond substituents is 1. The van der Waals surface area contributed by atoms with E-state index in [1.807, 2.05) is 6.20 Å². The minimum absolute atomic E-state index is 0. The Bertz CT molecular complexity index is 3510. The van der Waals surface area contributed by atoms with Crippen LogP contribution in [-0.2, 0) is 48.1 Å². The van der Waals surface area contributed by atoms with Gasteiger partial charge in [0.15, 0.2) is 0 Å². The molecule has 0 unspecified atom stereocenters. The minimum atomic E-state index is -0.349. The van der Waals surface area contributed by atoms with E-state index in [9.17, 15) is 5.11 Å². The fourth-order valence-electron chi connectivity index (χ4n) is 9.82. The van der Waals surface area contributed by atoms with Crippen LogP contribution < -0.4 is 0 Å². The van der Waals surface area contributed by atoms with Crippen molar-refractivity contribution in [1.29, 1.82) is 0 Å². The van der Waals surface area contributed by atoms with Gasteiger partial charge in [0.1, 0.15) is 11.6 Å². The number of pyridine rings is 1. The third kappa shape index (κ3) is 10.9. The van der Waals surface area contributed by atoms with E-state index in [0.717, 1.165) is 83.6 Å². The average Bonchev–Trinajstić information content (AvgIpc) is 3.72. The van der Waals surface area contributed by atoms with Crippen molar-refractivity contribution in [3.8, 4) is 78.6 Å². The van der Waals surface area contributed by atoms with Crippen LogP contribution in [0.25, 0.3) is 83.9 Å². The third-order valence-electron chi connectivity index (χ3n) is 14.5. The smallest absolute Gasteiger partial charge is 0.148 e. The standard InChI is InChI=1S/C69H74N3O.Pt/c1-43-20-22-44(23-21-43)47-34-35-70-59(39-47)50-37-48(45-24-28-51(29-25-45)65(2,3)4)36-49(38-50)55-18-17-19-61-62(55)71-64(57-41-54(68(11,12)13)42-58(63(57)73)69(14,15)16)72(61)60-33-32-53(67(8,9)10)40-56(60)46-26-30-52(31-27-46)66(5,6)7;/h17-37,39-42,73H,1-16H3;/q-1;. The third-order valence-corrected chi connectivity index (χ3v) is 14.5. The van der Waals surface area contributed by atoms with Crippen LogP contribution in [0.1, 0.15) is 137 Å². The van der Waals surface area contributed by atoms with E-state index in [0.29, 0.717) is 11.4 Å². The molecule has 9 aromatic rings. The maximum Gasteiger partial charge on any atom is 0.148 e. The first kappa shape index (κ1) is 53.9. The SMILES string of the molecule is Cc1ccc(-c2ccnc(-c3[c-]c(-c4cccc5c4nc(-c4cc(C(C)(C)C)cc(C(C)(C)C)c4O)n5-c4ccc(C(C)(C)C)cc4-c4ccc(C(C)(C)C)cc4)cc(-c4ccc(C(C)(C)C)cc4)c3)c2)cc1.[Pt]. The van der Waals surface area contributed by atoms with Crippen LogP contribution in [0, 0.1) is 13.0 Å². The summed E-state index contributed by atoms with van der Waals surface area (Å²) in [5.41, 5.74) is 20.0. The summed E-state index contributed by atoms with van der Waals surface area (Å²) in [6, 6.07) is 57.1. The number of benzene rings is 7. The van der Waals surface area contributed by atoms with Gasteiger partial charge in [-0.05, 0) is 109 Å². The molecule has 74 heavy (non-hydrogen) atoms. The molecular weight excluding hydrogens is 1080 g/mol. The molecular formula is C69H74N3OPt-. The second-order valence-electron chi connectivity index (χ2n) is 25.5. The number of fused-ring (bicyclic) bond motifs is 1. The van der Waals surface area contributed by atoms with Crippen molar-refractivity contribution in [3.05, 3.63) is 191 Å². The van der Waals surface area contributed by atoms with Gasteiger partial charge in [-0.3, -0.25) is 9.55 Å². The molecule has 0 fully saturated rings. The number of aromatic nitrogens is 3. The topological polar surface area (TPSA) is 50.9 Å². The molecule has 0 bridgehead atoms. The Hall–Kier alpha value is -6.35. The zero-order valence-corrected chi connectivity index (χ0v) is 48.8. The Morgan fingerprint density at radius 1 is 0.446 bits per heavy atom. The van der Waals surface area contributed by atoms with E-state index in [2.05, 4.69) is 267 Å². The van der Waals surface area contributed by atoms with Crippen LogP contribution in [0.15, 0.2) is 152 Å². The Balaban J connectivity index is 0.00000729. The van der Waals surface area contributed by atoms with Gasteiger partial charge in [0.05, 0.1) is 22.3 Å². The van der Waals surface area contributed by atoms with Gasteiger partial charge in [-0.1, -0.05) is 229 Å². The Kier molecular flexibility index (Phi) is 14.4. The van der Waals surface area contributed by atoms with Crippen molar-refractivity contribution < 1.29 is 26.2 Å². The number of rotatable bonds is 7. The summed E-state index contributed by atoms with van der Waals surface area (Å²) in [7, 11) is 0. The summed E-state index contributed by atoms with van der Waals surface area (Å²) in [6.07, 6.45) is 1.90. The predicted molar refractivity (Wildman–Crippen MR) is 310 cm³/mol. The molecule has 4 nitrogen and oxygen atoms in total. The van der Waals surface area contributed by atoms with Gasteiger partial charge in [0.25, 0.3) is 0 Å². The molecule has 0 aliphatic heterocycles. The van der Waals surface area contributed by atoms with Gasteiger partial charge in [-0.25, -0.2) is 4.98 Å². The summed E-state index contributed by atoms with van der Waals surface area (Å²) >= 11 is 0. The molecule has 0 atom stereocenters. The number of aromatic hydroxyl groups is 1. The Labute approximate surface area is 456 Å². The summed E-state index contributed by atoms with van der Waals surface area (Å²) in [6.45, 7) is 35.7. The number of para-hydroxylation sites is 1. The molecule has 0 amide bonds. The van der Waals surface area contributed by atoms with Crippen molar-refractivity contribution in [2.24, 2.45) is 0 Å². The van der Waals surface area contributed by atoms with Gasteiger partial charge in [-0.2, -0.15) is 0 Å². The fourth-order valence-corrected chi connectivity index (χ4v) is 9.82. The molecule has 7 aromatic carbocycles. The zero-order chi connectivity index (χ0) is 52.6. The molecule has 2 aromatic heterocycles. The van der Waals surface area contributed by atoms with Gasteiger partial charge >= 0.3 is 0 Å². The van der Waals surface area contributed by atoms with E-state index < -0.39 is 0 Å². The second kappa shape index (κ2) is 19.7.